The van der Waals surface area contributed by atoms with E-state index in [1.807, 2.05) is 6.92 Å². The number of morpholine rings is 1. The summed E-state index contributed by atoms with van der Waals surface area (Å²) in [4.78, 5) is 2.53. The zero-order valence-corrected chi connectivity index (χ0v) is 14.4. The van der Waals surface area contributed by atoms with E-state index in [1.54, 1.807) is 0 Å². The molecule has 1 aliphatic heterocycles. The molecule has 0 aromatic carbocycles. The third kappa shape index (κ3) is 1.90. The van der Waals surface area contributed by atoms with Crippen LogP contribution >= 0.6 is 0 Å². The highest BCUT2D eigenvalue weighted by molar-refractivity contribution is 6.00. The predicted molar refractivity (Wildman–Crippen MR) is 90.9 cm³/mol. The van der Waals surface area contributed by atoms with E-state index in [1.165, 1.54) is 0 Å². The average molecular weight is 333 g/mol. The minimum atomic E-state index is -0.242. The summed E-state index contributed by atoms with van der Waals surface area (Å²) in [6, 6.07) is 0. The van der Waals surface area contributed by atoms with Crippen LogP contribution in [0.25, 0.3) is 0 Å². The van der Waals surface area contributed by atoms with Gasteiger partial charge in [0.05, 0.1) is 24.6 Å². The lowest BCUT2D eigenvalue weighted by molar-refractivity contribution is -0.109. The Bertz CT molecular complexity index is 611. The number of fused-ring (bicyclic) bond motifs is 1. The first kappa shape index (κ1) is 16.1. The van der Waals surface area contributed by atoms with E-state index in [9.17, 15) is 10.4 Å². The molecule has 0 aromatic rings. The first-order valence-electron chi connectivity index (χ1n) is 8.99. The summed E-state index contributed by atoms with van der Waals surface area (Å²) in [5.41, 5.74) is 2.52. The van der Waals surface area contributed by atoms with E-state index in [2.05, 4.69) is 21.8 Å². The van der Waals surface area contributed by atoms with Gasteiger partial charge in [0.25, 0.3) is 0 Å². The van der Waals surface area contributed by atoms with Gasteiger partial charge in [-0.25, -0.2) is 0 Å². The Morgan fingerprint density at radius 2 is 2.00 bits per heavy atom. The minimum Gasteiger partial charge on any atom is -0.411 e. The highest BCUT2D eigenvalue weighted by Crippen LogP contribution is 2.64. The second-order valence-electron chi connectivity index (χ2n) is 7.96. The molecule has 1 heterocycles. The first-order chi connectivity index (χ1) is 11.6. The van der Waals surface area contributed by atoms with Crippen molar-refractivity contribution in [3.63, 3.8) is 0 Å². The van der Waals surface area contributed by atoms with Crippen molar-refractivity contribution >= 4 is 11.4 Å². The van der Waals surface area contributed by atoms with Crippen molar-refractivity contribution in [1.82, 2.24) is 4.90 Å². The molecule has 132 valence electrons. The molecule has 0 amide bonds. The van der Waals surface area contributed by atoms with Crippen LogP contribution in [-0.4, -0.2) is 58.6 Å². The number of hydrogen-bond acceptors (Lipinski definition) is 6. The lowest BCUT2D eigenvalue weighted by Crippen LogP contribution is -2.73. The van der Waals surface area contributed by atoms with Crippen LogP contribution in [0.15, 0.2) is 22.5 Å². The summed E-state index contributed by atoms with van der Waals surface area (Å²) in [5, 5.41) is 26.8. The first-order valence-corrected chi connectivity index (χ1v) is 8.99. The van der Waals surface area contributed by atoms with Crippen molar-refractivity contribution in [3.05, 3.63) is 12.2 Å². The maximum absolute atomic E-state index is 9.75. The van der Waals surface area contributed by atoms with Gasteiger partial charge in [-0.15, -0.1) is 0 Å². The Morgan fingerprint density at radius 1 is 1.25 bits per heavy atom. The summed E-state index contributed by atoms with van der Waals surface area (Å²) in [6.45, 7) is 9.54. The van der Waals surface area contributed by atoms with Crippen LogP contribution in [-0.2, 0) is 4.74 Å². The molecule has 4 aliphatic carbocycles. The van der Waals surface area contributed by atoms with Crippen molar-refractivity contribution in [2.45, 2.75) is 44.6 Å². The number of ether oxygens (including phenoxy) is 1. The van der Waals surface area contributed by atoms with Crippen LogP contribution in [0.1, 0.15) is 39.0 Å². The van der Waals surface area contributed by atoms with Crippen molar-refractivity contribution in [2.75, 3.05) is 26.3 Å². The molecular formula is C18H27N3O3. The maximum Gasteiger partial charge on any atom is 0.0691 e. The topological polar surface area (TPSA) is 77.7 Å². The maximum atomic E-state index is 9.75. The molecule has 4 saturated carbocycles. The Kier molecular flexibility index (Phi) is 3.73. The Labute approximate surface area is 142 Å². The molecule has 4 atom stereocenters. The number of oxime groups is 2. The molecule has 1 saturated heterocycles. The van der Waals surface area contributed by atoms with Gasteiger partial charge in [-0.1, -0.05) is 22.5 Å². The Hall–Kier alpha value is -1.40. The van der Waals surface area contributed by atoms with Crippen molar-refractivity contribution in [1.29, 1.82) is 0 Å². The van der Waals surface area contributed by atoms with E-state index in [4.69, 9.17) is 4.74 Å². The predicted octanol–water partition coefficient (Wildman–Crippen LogP) is 2.50. The summed E-state index contributed by atoms with van der Waals surface area (Å²) in [6.07, 6.45) is 4.48. The molecule has 6 nitrogen and oxygen atoms in total. The zero-order valence-electron chi connectivity index (χ0n) is 14.4. The molecule has 5 aliphatic rings. The molecule has 0 radical (unpaired) electrons. The largest absolute Gasteiger partial charge is 0.411 e. The fourth-order valence-electron chi connectivity index (χ4n) is 6.10. The van der Waals surface area contributed by atoms with Gasteiger partial charge in [0.15, 0.2) is 0 Å². The van der Waals surface area contributed by atoms with Gasteiger partial charge in [0.2, 0.25) is 0 Å². The minimum absolute atomic E-state index is 0.0949. The van der Waals surface area contributed by atoms with Gasteiger partial charge in [-0.3, -0.25) is 4.90 Å². The van der Waals surface area contributed by atoms with Crippen molar-refractivity contribution in [2.24, 2.45) is 27.6 Å². The van der Waals surface area contributed by atoms with Crippen molar-refractivity contribution in [3.8, 4) is 0 Å². The smallest absolute Gasteiger partial charge is 0.0691 e. The third-order valence-electron chi connectivity index (χ3n) is 7.28. The molecule has 5 fully saturated rings. The normalized spacial score (nSPS) is 45.7. The SMILES string of the molecule is C=C(C)C12CC3CCC(=NO)C(C1)C3(N1CCOCC1)CC2=NO. The van der Waals surface area contributed by atoms with Crippen LogP contribution in [0.4, 0.5) is 0 Å². The fourth-order valence-corrected chi connectivity index (χ4v) is 6.10. The van der Waals surface area contributed by atoms with Gasteiger partial charge in [0.1, 0.15) is 0 Å². The van der Waals surface area contributed by atoms with E-state index in [-0.39, 0.29) is 16.9 Å². The van der Waals surface area contributed by atoms with Gasteiger partial charge in [0, 0.05) is 36.4 Å². The monoisotopic (exact) mass is 333 g/mol. The second kappa shape index (κ2) is 5.56. The number of allylic oxidation sites excluding steroid dienone is 1. The van der Waals surface area contributed by atoms with E-state index >= 15 is 0 Å². The highest BCUT2D eigenvalue weighted by atomic mass is 16.5. The third-order valence-corrected chi connectivity index (χ3v) is 7.28. The summed E-state index contributed by atoms with van der Waals surface area (Å²) < 4.78 is 5.56. The molecule has 6 heteroatoms. The van der Waals surface area contributed by atoms with Gasteiger partial charge in [-0.2, -0.15) is 0 Å². The molecule has 2 N–H and O–H groups in total. The number of nitrogens with zero attached hydrogens (tertiary/aromatic N) is 3. The molecule has 0 aromatic heterocycles. The molecule has 4 unspecified atom stereocenters. The van der Waals surface area contributed by atoms with Crippen LogP contribution in [0.5, 0.6) is 0 Å². The van der Waals surface area contributed by atoms with Gasteiger partial charge >= 0.3 is 0 Å². The number of hydrogen-bond donors (Lipinski definition) is 2. The van der Waals surface area contributed by atoms with Crippen LogP contribution in [0.3, 0.4) is 0 Å². The van der Waals surface area contributed by atoms with Crippen LogP contribution in [0.2, 0.25) is 0 Å². The average Bonchev–Trinajstić information content (AvgIpc) is 2.62. The quantitative estimate of drug-likeness (QED) is 0.462. The van der Waals surface area contributed by atoms with E-state index in [0.29, 0.717) is 5.92 Å². The lowest BCUT2D eigenvalue weighted by atomic mass is 9.42. The molecular weight excluding hydrogens is 306 g/mol. The van der Waals surface area contributed by atoms with Crippen LogP contribution in [0, 0.1) is 17.3 Å². The van der Waals surface area contributed by atoms with E-state index < -0.39 is 0 Å². The summed E-state index contributed by atoms with van der Waals surface area (Å²) in [7, 11) is 0. The second-order valence-corrected chi connectivity index (χ2v) is 7.96. The Morgan fingerprint density at radius 3 is 2.62 bits per heavy atom. The lowest BCUT2D eigenvalue weighted by Gasteiger charge is -2.67. The highest BCUT2D eigenvalue weighted by Gasteiger charge is 2.67. The summed E-state index contributed by atoms with van der Waals surface area (Å²) >= 11 is 0. The summed E-state index contributed by atoms with van der Waals surface area (Å²) in [5.74, 6) is 0.720. The molecule has 5 rings (SSSR count). The van der Waals surface area contributed by atoms with Crippen LogP contribution < -0.4 is 0 Å². The Balaban J connectivity index is 1.84. The van der Waals surface area contributed by atoms with E-state index in [0.717, 1.165) is 75.4 Å². The fraction of sp³-hybridized carbons (Fsp3) is 0.778. The standard InChI is InChI=1S/C18H27N3O3/c1-12(2)17-9-13-3-4-15(19-22)14(10-17)18(13,11-16(17)20-23)21-5-7-24-8-6-21/h13-14,22-23H,1,3-11H2,2H3. The van der Waals surface area contributed by atoms with Gasteiger partial charge in [-0.05, 0) is 38.5 Å². The van der Waals surface area contributed by atoms with Gasteiger partial charge < -0.3 is 15.2 Å². The zero-order chi connectivity index (χ0) is 16.9. The molecule has 4 bridgehead atoms. The van der Waals surface area contributed by atoms with Crippen molar-refractivity contribution < 1.29 is 15.2 Å². The number of rotatable bonds is 2. The molecule has 0 spiro atoms. The molecule has 24 heavy (non-hydrogen) atoms.